The SMILES string of the molecule is CC1=NN(c2ccccc2)C(=O)C1N=Nc1c(C)cc(S(=O)(=O)O)cc1O. The summed E-state index contributed by atoms with van der Waals surface area (Å²) in [6.07, 6.45) is 0. The molecule has 3 rings (SSSR count). The fraction of sp³-hybridized carbons (Fsp3) is 0.176. The van der Waals surface area contributed by atoms with E-state index in [2.05, 4.69) is 15.3 Å². The monoisotopic (exact) mass is 388 g/mol. The number of para-hydroxylation sites is 1. The van der Waals surface area contributed by atoms with Gasteiger partial charge in [-0.1, -0.05) is 18.2 Å². The van der Waals surface area contributed by atoms with Crippen molar-refractivity contribution in [3.63, 3.8) is 0 Å². The minimum Gasteiger partial charge on any atom is -0.506 e. The average molecular weight is 388 g/mol. The molecule has 2 aromatic rings. The highest BCUT2D eigenvalue weighted by atomic mass is 32.2. The van der Waals surface area contributed by atoms with Crippen LogP contribution in [0.15, 0.2) is 62.7 Å². The molecule has 0 aliphatic carbocycles. The van der Waals surface area contributed by atoms with Crippen LogP contribution in [0.3, 0.4) is 0 Å². The van der Waals surface area contributed by atoms with Crippen molar-refractivity contribution in [3.8, 4) is 5.75 Å². The molecule has 9 nitrogen and oxygen atoms in total. The summed E-state index contributed by atoms with van der Waals surface area (Å²) < 4.78 is 31.5. The van der Waals surface area contributed by atoms with E-state index in [1.807, 2.05) is 6.07 Å². The van der Waals surface area contributed by atoms with Crippen LogP contribution >= 0.6 is 0 Å². The Morgan fingerprint density at radius 2 is 1.81 bits per heavy atom. The zero-order valence-corrected chi connectivity index (χ0v) is 15.3. The highest BCUT2D eigenvalue weighted by Gasteiger charge is 2.34. The van der Waals surface area contributed by atoms with Crippen LogP contribution in [0.2, 0.25) is 0 Å². The molecule has 0 fully saturated rings. The number of hydrogen-bond acceptors (Lipinski definition) is 7. The van der Waals surface area contributed by atoms with Crippen LogP contribution in [0.5, 0.6) is 5.75 Å². The number of carbonyl (C=O) groups excluding carboxylic acids is 1. The number of nitrogens with zero attached hydrogens (tertiary/aromatic N) is 4. The maximum absolute atomic E-state index is 12.6. The zero-order chi connectivity index (χ0) is 19.8. The Kier molecular flexibility index (Phi) is 4.77. The van der Waals surface area contributed by atoms with Crippen molar-refractivity contribution in [1.82, 2.24) is 0 Å². The lowest BCUT2D eigenvalue weighted by molar-refractivity contribution is -0.117. The molecule has 2 aromatic carbocycles. The Morgan fingerprint density at radius 3 is 2.41 bits per heavy atom. The number of aryl methyl sites for hydroxylation is 1. The molecule has 27 heavy (non-hydrogen) atoms. The summed E-state index contributed by atoms with van der Waals surface area (Å²) >= 11 is 0. The number of azo groups is 1. The predicted octanol–water partition coefficient (Wildman–Crippen LogP) is 2.82. The Bertz CT molecular complexity index is 1040. The van der Waals surface area contributed by atoms with Crippen molar-refractivity contribution in [1.29, 1.82) is 0 Å². The van der Waals surface area contributed by atoms with E-state index in [0.717, 1.165) is 12.1 Å². The lowest BCUT2D eigenvalue weighted by atomic mass is 10.2. The van der Waals surface area contributed by atoms with Gasteiger partial charge in [0.2, 0.25) is 0 Å². The summed E-state index contributed by atoms with van der Waals surface area (Å²) in [5.41, 5.74) is 1.29. The first-order chi connectivity index (χ1) is 12.7. The molecule has 0 saturated carbocycles. The second-order valence-corrected chi connectivity index (χ2v) is 7.35. The van der Waals surface area contributed by atoms with E-state index < -0.39 is 32.7 Å². The van der Waals surface area contributed by atoms with Crippen molar-refractivity contribution in [2.24, 2.45) is 15.3 Å². The molecule has 1 aliphatic heterocycles. The third kappa shape index (κ3) is 3.71. The molecule has 1 unspecified atom stereocenters. The molecule has 0 aromatic heterocycles. The molecule has 1 heterocycles. The summed E-state index contributed by atoms with van der Waals surface area (Å²) in [4.78, 5) is 12.1. The summed E-state index contributed by atoms with van der Waals surface area (Å²) in [6, 6.07) is 9.91. The molecule has 1 aliphatic rings. The molecule has 1 atom stereocenters. The summed E-state index contributed by atoms with van der Waals surface area (Å²) in [5, 5.41) is 23.3. The van der Waals surface area contributed by atoms with E-state index in [-0.39, 0.29) is 11.3 Å². The maximum Gasteiger partial charge on any atom is 0.294 e. The minimum atomic E-state index is -4.46. The van der Waals surface area contributed by atoms with Gasteiger partial charge in [0.05, 0.1) is 16.3 Å². The van der Waals surface area contributed by atoms with Gasteiger partial charge in [-0.3, -0.25) is 9.35 Å². The van der Waals surface area contributed by atoms with Crippen LogP contribution < -0.4 is 5.01 Å². The van der Waals surface area contributed by atoms with Gasteiger partial charge in [-0.15, -0.1) is 0 Å². The van der Waals surface area contributed by atoms with Crippen LogP contribution in [-0.4, -0.2) is 35.7 Å². The van der Waals surface area contributed by atoms with Gasteiger partial charge in [-0.25, -0.2) is 0 Å². The highest BCUT2D eigenvalue weighted by Crippen LogP contribution is 2.34. The Morgan fingerprint density at radius 1 is 1.15 bits per heavy atom. The molecule has 1 amide bonds. The molecule has 0 radical (unpaired) electrons. The number of hydrogen-bond donors (Lipinski definition) is 2. The van der Waals surface area contributed by atoms with Crippen LogP contribution in [-0.2, 0) is 14.9 Å². The zero-order valence-electron chi connectivity index (χ0n) is 14.4. The van der Waals surface area contributed by atoms with Crippen molar-refractivity contribution in [2.75, 3.05) is 5.01 Å². The summed E-state index contributed by atoms with van der Waals surface area (Å²) in [6.45, 7) is 3.13. The summed E-state index contributed by atoms with van der Waals surface area (Å²) in [7, 11) is -4.46. The highest BCUT2D eigenvalue weighted by molar-refractivity contribution is 7.85. The number of carbonyl (C=O) groups is 1. The molecular formula is C17H16N4O5S. The number of amides is 1. The lowest BCUT2D eigenvalue weighted by Crippen LogP contribution is -2.29. The quantitative estimate of drug-likeness (QED) is 0.614. The molecule has 2 N–H and O–H groups in total. The van der Waals surface area contributed by atoms with Crippen molar-refractivity contribution in [3.05, 3.63) is 48.0 Å². The van der Waals surface area contributed by atoms with Crippen LogP contribution in [0.25, 0.3) is 0 Å². The second kappa shape index (κ2) is 6.89. The van der Waals surface area contributed by atoms with E-state index in [4.69, 9.17) is 4.55 Å². The largest absolute Gasteiger partial charge is 0.506 e. The smallest absolute Gasteiger partial charge is 0.294 e. The first kappa shape index (κ1) is 18.7. The molecule has 0 saturated heterocycles. The van der Waals surface area contributed by atoms with Gasteiger partial charge >= 0.3 is 0 Å². The van der Waals surface area contributed by atoms with Crippen molar-refractivity contribution >= 4 is 33.1 Å². The van der Waals surface area contributed by atoms with Crippen LogP contribution in [0, 0.1) is 6.92 Å². The van der Waals surface area contributed by atoms with E-state index in [1.54, 1.807) is 31.2 Å². The minimum absolute atomic E-state index is 0.00108. The number of hydrazone groups is 1. The number of benzene rings is 2. The normalized spacial score (nSPS) is 17.6. The predicted molar refractivity (Wildman–Crippen MR) is 98.0 cm³/mol. The van der Waals surface area contributed by atoms with Gasteiger partial charge < -0.3 is 5.11 Å². The maximum atomic E-state index is 12.6. The van der Waals surface area contributed by atoms with Crippen LogP contribution in [0.4, 0.5) is 11.4 Å². The number of phenolic OH excluding ortho intramolecular Hbond substituents is 1. The molecule has 10 heteroatoms. The second-order valence-electron chi connectivity index (χ2n) is 5.93. The fourth-order valence-electron chi connectivity index (χ4n) is 2.57. The van der Waals surface area contributed by atoms with E-state index >= 15 is 0 Å². The Hall–Kier alpha value is -3.11. The van der Waals surface area contributed by atoms with Crippen molar-refractivity contribution < 1.29 is 22.9 Å². The van der Waals surface area contributed by atoms with Gasteiger partial charge in [0.25, 0.3) is 16.0 Å². The molecule has 140 valence electrons. The van der Waals surface area contributed by atoms with Gasteiger partial charge in [0.15, 0.2) is 6.04 Å². The van der Waals surface area contributed by atoms with Gasteiger partial charge in [-0.2, -0.15) is 28.8 Å². The first-order valence-electron chi connectivity index (χ1n) is 7.84. The van der Waals surface area contributed by atoms with Crippen LogP contribution in [0.1, 0.15) is 12.5 Å². The topological polar surface area (TPSA) is 132 Å². The number of aromatic hydroxyl groups is 1. The van der Waals surface area contributed by atoms with E-state index in [0.29, 0.717) is 11.4 Å². The molecule has 0 spiro atoms. The third-order valence-electron chi connectivity index (χ3n) is 3.92. The number of rotatable bonds is 4. The number of phenols is 1. The Balaban J connectivity index is 1.89. The Labute approximate surface area is 155 Å². The summed E-state index contributed by atoms with van der Waals surface area (Å²) in [5.74, 6) is -0.875. The van der Waals surface area contributed by atoms with Gasteiger partial charge in [-0.05, 0) is 37.6 Å². The van der Waals surface area contributed by atoms with Crippen molar-refractivity contribution in [2.45, 2.75) is 24.8 Å². The first-order valence-corrected chi connectivity index (χ1v) is 9.28. The third-order valence-corrected chi connectivity index (χ3v) is 4.75. The van der Waals surface area contributed by atoms with Gasteiger partial charge in [0.1, 0.15) is 11.4 Å². The fourth-order valence-corrected chi connectivity index (χ4v) is 3.15. The number of anilines is 1. The molecular weight excluding hydrogens is 372 g/mol. The lowest BCUT2D eigenvalue weighted by Gasteiger charge is -2.12. The van der Waals surface area contributed by atoms with E-state index in [1.165, 1.54) is 11.9 Å². The van der Waals surface area contributed by atoms with E-state index in [9.17, 15) is 18.3 Å². The van der Waals surface area contributed by atoms with Gasteiger partial charge in [0, 0.05) is 6.07 Å². The molecule has 0 bridgehead atoms. The standard InChI is InChI=1S/C17H16N4O5S/c1-10-8-13(27(24,25)26)9-14(22)15(10)18-19-16-11(2)20-21(17(16)23)12-6-4-3-5-7-12/h3-9,16,22H,1-2H3,(H,24,25,26). The average Bonchev–Trinajstić information content (AvgIpc) is 2.88.